The SMILES string of the molecule is CC1CCC2(CC1)CC(N)c1cc(Br)ccc1O2. The molecule has 1 aromatic carbocycles. The molecule has 1 heterocycles. The van der Waals surface area contributed by atoms with Crippen LogP contribution in [0.2, 0.25) is 0 Å². The molecular formula is C15H20BrNO. The molecule has 1 aromatic rings. The second kappa shape index (κ2) is 4.53. The molecule has 0 bridgehead atoms. The zero-order valence-corrected chi connectivity index (χ0v) is 12.4. The Bertz CT molecular complexity index is 452. The Morgan fingerprint density at radius 3 is 2.78 bits per heavy atom. The number of nitrogens with two attached hydrogens (primary N) is 1. The third kappa shape index (κ3) is 2.19. The van der Waals surface area contributed by atoms with Crippen molar-refractivity contribution in [3.8, 4) is 5.75 Å². The number of ether oxygens (including phenoxy) is 1. The Labute approximate surface area is 117 Å². The Morgan fingerprint density at radius 1 is 1.33 bits per heavy atom. The number of benzene rings is 1. The van der Waals surface area contributed by atoms with E-state index in [1.165, 1.54) is 12.8 Å². The molecule has 18 heavy (non-hydrogen) atoms. The second-order valence-corrected chi connectivity index (χ2v) is 6.88. The fourth-order valence-electron chi connectivity index (χ4n) is 3.28. The van der Waals surface area contributed by atoms with E-state index in [1.807, 2.05) is 6.07 Å². The van der Waals surface area contributed by atoms with E-state index >= 15 is 0 Å². The van der Waals surface area contributed by atoms with Crippen molar-refractivity contribution in [3.63, 3.8) is 0 Å². The van der Waals surface area contributed by atoms with Crippen LogP contribution in [0.15, 0.2) is 22.7 Å². The lowest BCUT2D eigenvalue weighted by atomic mass is 9.74. The van der Waals surface area contributed by atoms with Gasteiger partial charge in [-0.2, -0.15) is 0 Å². The molecule has 3 rings (SSSR count). The van der Waals surface area contributed by atoms with Gasteiger partial charge in [0.25, 0.3) is 0 Å². The van der Waals surface area contributed by atoms with Gasteiger partial charge in [0.15, 0.2) is 0 Å². The maximum absolute atomic E-state index is 6.35. The minimum absolute atomic E-state index is 0.00670. The fourth-order valence-corrected chi connectivity index (χ4v) is 3.66. The summed E-state index contributed by atoms with van der Waals surface area (Å²) in [5.74, 6) is 1.83. The first-order valence-corrected chi connectivity index (χ1v) is 7.61. The summed E-state index contributed by atoms with van der Waals surface area (Å²) in [7, 11) is 0. The minimum atomic E-state index is 0.00670. The lowest BCUT2D eigenvalue weighted by molar-refractivity contribution is -0.00855. The molecule has 1 saturated carbocycles. The highest BCUT2D eigenvalue weighted by molar-refractivity contribution is 9.10. The monoisotopic (exact) mass is 309 g/mol. The van der Waals surface area contributed by atoms with E-state index in [-0.39, 0.29) is 11.6 Å². The number of hydrogen-bond acceptors (Lipinski definition) is 2. The highest BCUT2D eigenvalue weighted by Gasteiger charge is 2.41. The zero-order chi connectivity index (χ0) is 12.8. The Balaban J connectivity index is 1.89. The lowest BCUT2D eigenvalue weighted by Gasteiger charge is -2.45. The van der Waals surface area contributed by atoms with Gasteiger partial charge < -0.3 is 10.5 Å². The van der Waals surface area contributed by atoms with E-state index in [0.717, 1.165) is 41.0 Å². The van der Waals surface area contributed by atoms with Crippen LogP contribution in [0, 0.1) is 5.92 Å². The minimum Gasteiger partial charge on any atom is -0.487 e. The molecule has 0 radical (unpaired) electrons. The van der Waals surface area contributed by atoms with Gasteiger partial charge in [-0.05, 0) is 49.8 Å². The molecule has 1 aliphatic carbocycles. The molecule has 0 saturated heterocycles. The highest BCUT2D eigenvalue weighted by Crippen LogP contribution is 2.46. The van der Waals surface area contributed by atoms with Gasteiger partial charge in [-0.1, -0.05) is 22.9 Å². The quantitative estimate of drug-likeness (QED) is 0.780. The summed E-state index contributed by atoms with van der Waals surface area (Å²) < 4.78 is 7.41. The molecule has 2 aliphatic rings. The van der Waals surface area contributed by atoms with Crippen LogP contribution in [-0.4, -0.2) is 5.60 Å². The van der Waals surface area contributed by atoms with Crippen molar-refractivity contribution in [3.05, 3.63) is 28.2 Å². The van der Waals surface area contributed by atoms with Gasteiger partial charge in [0.2, 0.25) is 0 Å². The summed E-state index contributed by atoms with van der Waals surface area (Å²) >= 11 is 3.50. The van der Waals surface area contributed by atoms with E-state index in [2.05, 4.69) is 35.0 Å². The first kappa shape index (κ1) is 12.5. The molecule has 1 atom stereocenters. The number of rotatable bonds is 0. The van der Waals surface area contributed by atoms with Gasteiger partial charge in [-0.3, -0.25) is 0 Å². The van der Waals surface area contributed by atoms with Crippen LogP contribution in [-0.2, 0) is 0 Å². The van der Waals surface area contributed by atoms with Crippen molar-refractivity contribution in [2.24, 2.45) is 11.7 Å². The van der Waals surface area contributed by atoms with E-state index in [4.69, 9.17) is 10.5 Å². The molecule has 0 amide bonds. The molecule has 1 spiro atoms. The van der Waals surface area contributed by atoms with Crippen molar-refractivity contribution in [1.82, 2.24) is 0 Å². The van der Waals surface area contributed by atoms with Gasteiger partial charge in [0.1, 0.15) is 11.4 Å². The van der Waals surface area contributed by atoms with Crippen LogP contribution in [0.3, 0.4) is 0 Å². The maximum Gasteiger partial charge on any atom is 0.124 e. The van der Waals surface area contributed by atoms with E-state index in [1.54, 1.807) is 0 Å². The third-order valence-electron chi connectivity index (χ3n) is 4.48. The van der Waals surface area contributed by atoms with Crippen LogP contribution < -0.4 is 10.5 Å². The first-order chi connectivity index (χ1) is 8.58. The van der Waals surface area contributed by atoms with Crippen LogP contribution in [0.25, 0.3) is 0 Å². The molecule has 98 valence electrons. The summed E-state index contributed by atoms with van der Waals surface area (Å²) in [4.78, 5) is 0. The van der Waals surface area contributed by atoms with Crippen LogP contribution >= 0.6 is 15.9 Å². The largest absolute Gasteiger partial charge is 0.487 e. The molecule has 3 heteroatoms. The molecule has 1 aliphatic heterocycles. The van der Waals surface area contributed by atoms with Gasteiger partial charge >= 0.3 is 0 Å². The van der Waals surface area contributed by atoms with Crippen LogP contribution in [0.1, 0.15) is 50.6 Å². The fraction of sp³-hybridized carbons (Fsp3) is 0.600. The van der Waals surface area contributed by atoms with Crippen molar-refractivity contribution >= 4 is 15.9 Å². The lowest BCUT2D eigenvalue weighted by Crippen LogP contribution is -2.45. The predicted octanol–water partition coefficient (Wildman–Crippen LogP) is 4.18. The van der Waals surface area contributed by atoms with E-state index < -0.39 is 0 Å². The average molecular weight is 310 g/mol. The summed E-state index contributed by atoms with van der Waals surface area (Å²) in [6, 6.07) is 6.30. The number of fused-ring (bicyclic) bond motifs is 1. The third-order valence-corrected chi connectivity index (χ3v) is 4.97. The predicted molar refractivity (Wildman–Crippen MR) is 76.7 cm³/mol. The number of hydrogen-bond donors (Lipinski definition) is 1. The Hall–Kier alpha value is -0.540. The van der Waals surface area contributed by atoms with Crippen LogP contribution in [0.4, 0.5) is 0 Å². The van der Waals surface area contributed by atoms with E-state index in [0.29, 0.717) is 0 Å². The van der Waals surface area contributed by atoms with Crippen LogP contribution in [0.5, 0.6) is 5.75 Å². The maximum atomic E-state index is 6.35. The van der Waals surface area contributed by atoms with Gasteiger partial charge in [0, 0.05) is 22.5 Å². The summed E-state index contributed by atoms with van der Waals surface area (Å²) in [5, 5.41) is 0. The summed E-state index contributed by atoms with van der Waals surface area (Å²) in [6.45, 7) is 2.33. The van der Waals surface area contributed by atoms with Crippen molar-refractivity contribution in [1.29, 1.82) is 0 Å². The van der Waals surface area contributed by atoms with E-state index in [9.17, 15) is 0 Å². The smallest absolute Gasteiger partial charge is 0.124 e. The molecule has 2 N–H and O–H groups in total. The summed E-state index contributed by atoms with van der Waals surface area (Å²) in [6.07, 6.45) is 5.79. The van der Waals surface area contributed by atoms with Gasteiger partial charge in [-0.15, -0.1) is 0 Å². The molecule has 1 unspecified atom stereocenters. The topological polar surface area (TPSA) is 35.2 Å². The average Bonchev–Trinajstić information content (AvgIpc) is 2.35. The second-order valence-electron chi connectivity index (χ2n) is 5.96. The Kier molecular flexibility index (Phi) is 3.15. The van der Waals surface area contributed by atoms with Crippen molar-refractivity contribution in [2.75, 3.05) is 0 Å². The summed E-state index contributed by atoms with van der Waals surface area (Å²) in [5.41, 5.74) is 7.51. The molecule has 1 fully saturated rings. The standard InChI is InChI=1S/C15H20BrNO/c1-10-4-6-15(7-5-10)9-13(17)12-8-11(16)2-3-14(12)18-15/h2-3,8,10,13H,4-7,9,17H2,1H3. The highest BCUT2D eigenvalue weighted by atomic mass is 79.9. The number of halogens is 1. The molecular weight excluding hydrogens is 290 g/mol. The normalized spacial score (nSPS) is 35.1. The first-order valence-electron chi connectivity index (χ1n) is 6.82. The molecule has 0 aromatic heterocycles. The van der Waals surface area contributed by atoms with Crippen molar-refractivity contribution in [2.45, 2.75) is 50.7 Å². The molecule has 2 nitrogen and oxygen atoms in total. The van der Waals surface area contributed by atoms with Crippen molar-refractivity contribution < 1.29 is 4.74 Å². The van der Waals surface area contributed by atoms with Gasteiger partial charge in [0.05, 0.1) is 0 Å². The zero-order valence-electron chi connectivity index (χ0n) is 10.8. The van der Waals surface area contributed by atoms with Gasteiger partial charge in [-0.25, -0.2) is 0 Å². The Morgan fingerprint density at radius 2 is 2.06 bits per heavy atom.